The van der Waals surface area contributed by atoms with E-state index in [2.05, 4.69) is 43.4 Å². The maximum Gasteiger partial charge on any atom is 0.125 e. The van der Waals surface area contributed by atoms with Crippen molar-refractivity contribution >= 4 is 24.0 Å². The SMILES string of the molecule is CC.Cc1nc(-c2cccnc2)sc1C(S)C(C)C. The lowest BCUT2D eigenvalue weighted by Crippen LogP contribution is -1.98. The lowest BCUT2D eigenvalue weighted by atomic mass is 10.1. The van der Waals surface area contributed by atoms with Gasteiger partial charge in [0.05, 0.1) is 5.69 Å². The van der Waals surface area contributed by atoms with Crippen LogP contribution in [-0.4, -0.2) is 9.97 Å². The van der Waals surface area contributed by atoms with E-state index >= 15 is 0 Å². The third-order valence-electron chi connectivity index (χ3n) is 2.64. The second-order valence-corrected chi connectivity index (χ2v) is 5.99. The molecule has 0 spiro atoms. The molecule has 0 bridgehead atoms. The van der Waals surface area contributed by atoms with Crippen LogP contribution in [0.1, 0.15) is 43.5 Å². The van der Waals surface area contributed by atoms with Crippen LogP contribution in [0.4, 0.5) is 0 Å². The molecule has 0 saturated heterocycles. The number of thiol groups is 1. The summed E-state index contributed by atoms with van der Waals surface area (Å²) in [4.78, 5) is 10.0. The van der Waals surface area contributed by atoms with Gasteiger partial charge in [-0.25, -0.2) is 4.98 Å². The summed E-state index contributed by atoms with van der Waals surface area (Å²) in [6, 6.07) is 3.98. The zero-order valence-electron chi connectivity index (χ0n) is 12.2. The van der Waals surface area contributed by atoms with E-state index in [1.807, 2.05) is 32.2 Å². The minimum Gasteiger partial charge on any atom is -0.264 e. The van der Waals surface area contributed by atoms with Crippen molar-refractivity contribution < 1.29 is 0 Å². The molecule has 0 saturated carbocycles. The van der Waals surface area contributed by atoms with E-state index in [0.29, 0.717) is 5.92 Å². The Morgan fingerprint density at radius 2 is 1.95 bits per heavy atom. The van der Waals surface area contributed by atoms with Gasteiger partial charge < -0.3 is 0 Å². The molecule has 2 nitrogen and oxygen atoms in total. The molecule has 0 aliphatic heterocycles. The number of aryl methyl sites for hydroxylation is 1. The number of nitrogens with zero attached hydrogens (tertiary/aromatic N) is 2. The van der Waals surface area contributed by atoms with Gasteiger partial charge in [0.15, 0.2) is 0 Å². The monoisotopic (exact) mass is 294 g/mol. The number of hydrogen-bond acceptors (Lipinski definition) is 4. The molecule has 0 fully saturated rings. The first-order chi connectivity index (χ1) is 9.09. The molecule has 104 valence electrons. The van der Waals surface area contributed by atoms with Crippen LogP contribution in [0.2, 0.25) is 0 Å². The van der Waals surface area contributed by atoms with Crippen LogP contribution >= 0.6 is 24.0 Å². The van der Waals surface area contributed by atoms with Gasteiger partial charge >= 0.3 is 0 Å². The van der Waals surface area contributed by atoms with Gasteiger partial charge in [-0.3, -0.25) is 4.98 Å². The summed E-state index contributed by atoms with van der Waals surface area (Å²) in [6.45, 7) is 10.4. The van der Waals surface area contributed by atoms with Crippen LogP contribution in [0, 0.1) is 12.8 Å². The molecular weight excluding hydrogens is 272 g/mol. The van der Waals surface area contributed by atoms with E-state index in [0.717, 1.165) is 16.3 Å². The molecule has 4 heteroatoms. The Balaban J connectivity index is 0.000000861. The van der Waals surface area contributed by atoms with Gasteiger partial charge in [-0.2, -0.15) is 12.6 Å². The van der Waals surface area contributed by atoms with Crippen LogP contribution in [0.25, 0.3) is 10.6 Å². The standard InChI is InChI=1S/C13H16N2S2.C2H6/c1-8(2)11(16)12-9(3)15-13(17-12)10-5-4-6-14-7-10;1-2/h4-8,11,16H,1-3H3;1-2H3. The Morgan fingerprint density at radius 1 is 1.26 bits per heavy atom. The summed E-state index contributed by atoms with van der Waals surface area (Å²) in [7, 11) is 0. The smallest absolute Gasteiger partial charge is 0.125 e. The fourth-order valence-corrected chi connectivity index (χ4v) is 3.16. The first-order valence-corrected chi connectivity index (χ1v) is 7.98. The Hall–Kier alpha value is -0.870. The molecule has 0 aliphatic carbocycles. The number of aromatic nitrogens is 2. The van der Waals surface area contributed by atoms with Crippen LogP contribution < -0.4 is 0 Å². The Bertz CT molecular complexity index is 492. The number of hydrogen-bond donors (Lipinski definition) is 1. The number of thiazole rings is 1. The highest BCUT2D eigenvalue weighted by molar-refractivity contribution is 7.80. The zero-order chi connectivity index (χ0) is 14.4. The molecular formula is C15H22N2S2. The maximum absolute atomic E-state index is 4.66. The second-order valence-electron chi connectivity index (χ2n) is 4.40. The van der Waals surface area contributed by atoms with E-state index in [1.54, 1.807) is 17.5 Å². The van der Waals surface area contributed by atoms with Crippen molar-refractivity contribution in [3.8, 4) is 10.6 Å². The predicted molar refractivity (Wildman–Crippen MR) is 88.0 cm³/mol. The van der Waals surface area contributed by atoms with Crippen molar-refractivity contribution in [1.82, 2.24) is 9.97 Å². The lowest BCUT2D eigenvalue weighted by molar-refractivity contribution is 0.639. The fourth-order valence-electron chi connectivity index (χ4n) is 1.60. The summed E-state index contributed by atoms with van der Waals surface area (Å²) in [5, 5.41) is 1.29. The number of rotatable bonds is 3. The van der Waals surface area contributed by atoms with E-state index in [-0.39, 0.29) is 5.25 Å². The van der Waals surface area contributed by atoms with Crippen molar-refractivity contribution in [1.29, 1.82) is 0 Å². The van der Waals surface area contributed by atoms with Gasteiger partial charge in [0, 0.05) is 28.1 Å². The largest absolute Gasteiger partial charge is 0.264 e. The molecule has 2 rings (SSSR count). The number of pyridine rings is 1. The van der Waals surface area contributed by atoms with Crippen molar-refractivity contribution in [3.63, 3.8) is 0 Å². The van der Waals surface area contributed by atoms with Gasteiger partial charge in [0.1, 0.15) is 5.01 Å². The van der Waals surface area contributed by atoms with Gasteiger partial charge in [-0.1, -0.05) is 27.7 Å². The molecule has 1 atom stereocenters. The Labute approximate surface area is 125 Å². The minimum atomic E-state index is 0.262. The van der Waals surface area contributed by atoms with Gasteiger partial charge in [0.2, 0.25) is 0 Å². The molecule has 0 radical (unpaired) electrons. The summed E-state index contributed by atoms with van der Waals surface area (Å²) in [5.74, 6) is 0.513. The van der Waals surface area contributed by atoms with Crippen LogP contribution in [0.15, 0.2) is 24.5 Å². The highest BCUT2D eigenvalue weighted by Crippen LogP contribution is 2.37. The minimum absolute atomic E-state index is 0.262. The summed E-state index contributed by atoms with van der Waals surface area (Å²) in [6.07, 6.45) is 3.63. The van der Waals surface area contributed by atoms with Crippen molar-refractivity contribution in [2.24, 2.45) is 5.92 Å². The normalized spacial score (nSPS) is 11.9. The first-order valence-electron chi connectivity index (χ1n) is 6.65. The Kier molecular flexibility index (Phi) is 6.52. The van der Waals surface area contributed by atoms with E-state index < -0.39 is 0 Å². The molecule has 0 aliphatic rings. The van der Waals surface area contributed by atoms with Crippen LogP contribution in [0.5, 0.6) is 0 Å². The zero-order valence-corrected chi connectivity index (χ0v) is 13.9. The molecule has 2 aromatic rings. The molecule has 0 N–H and O–H groups in total. The predicted octanol–water partition coefficient (Wildman–Crippen LogP) is 5.17. The van der Waals surface area contributed by atoms with E-state index in [9.17, 15) is 0 Å². The Morgan fingerprint density at radius 3 is 2.47 bits per heavy atom. The average Bonchev–Trinajstić information content (AvgIpc) is 2.83. The third kappa shape index (κ3) is 4.05. The van der Waals surface area contributed by atoms with E-state index in [1.165, 1.54) is 4.88 Å². The fraction of sp³-hybridized carbons (Fsp3) is 0.467. The second kappa shape index (κ2) is 7.65. The summed E-state index contributed by atoms with van der Waals surface area (Å²) >= 11 is 6.39. The van der Waals surface area contributed by atoms with Crippen LogP contribution in [-0.2, 0) is 0 Å². The average molecular weight is 294 g/mol. The van der Waals surface area contributed by atoms with Gasteiger partial charge in [-0.05, 0) is 25.0 Å². The lowest BCUT2D eigenvalue weighted by Gasteiger charge is -2.12. The third-order valence-corrected chi connectivity index (χ3v) is 4.96. The van der Waals surface area contributed by atoms with Crippen LogP contribution in [0.3, 0.4) is 0 Å². The summed E-state index contributed by atoms with van der Waals surface area (Å²) in [5.41, 5.74) is 2.17. The van der Waals surface area contributed by atoms with Crippen molar-refractivity contribution in [2.75, 3.05) is 0 Å². The first kappa shape index (κ1) is 16.2. The van der Waals surface area contributed by atoms with E-state index in [4.69, 9.17) is 0 Å². The van der Waals surface area contributed by atoms with Crippen molar-refractivity contribution in [2.45, 2.75) is 39.9 Å². The molecule has 0 aromatic carbocycles. The molecule has 1 unspecified atom stereocenters. The molecule has 19 heavy (non-hydrogen) atoms. The topological polar surface area (TPSA) is 25.8 Å². The highest BCUT2D eigenvalue weighted by Gasteiger charge is 2.18. The summed E-state index contributed by atoms with van der Waals surface area (Å²) < 4.78 is 0. The molecule has 2 heterocycles. The molecule has 2 aromatic heterocycles. The molecule has 0 amide bonds. The van der Waals surface area contributed by atoms with Gasteiger partial charge in [-0.15, -0.1) is 11.3 Å². The quantitative estimate of drug-likeness (QED) is 0.791. The van der Waals surface area contributed by atoms with Gasteiger partial charge in [0.25, 0.3) is 0 Å². The van der Waals surface area contributed by atoms with Crippen molar-refractivity contribution in [3.05, 3.63) is 35.1 Å². The highest BCUT2D eigenvalue weighted by atomic mass is 32.1. The maximum atomic E-state index is 4.66.